The van der Waals surface area contributed by atoms with Crippen LogP contribution in [0.3, 0.4) is 0 Å². The summed E-state index contributed by atoms with van der Waals surface area (Å²) in [6, 6.07) is 0.231. The smallest absolute Gasteiger partial charge is 0.169 e. The maximum atomic E-state index is 8.19. The van der Waals surface area contributed by atoms with E-state index in [0.29, 0.717) is 13.1 Å². The summed E-state index contributed by atoms with van der Waals surface area (Å²) >= 11 is 0. The highest BCUT2D eigenvalue weighted by molar-refractivity contribution is 5.10. The van der Waals surface area contributed by atoms with Gasteiger partial charge in [0.05, 0.1) is 24.4 Å². The van der Waals surface area contributed by atoms with Crippen LogP contribution < -0.4 is 0 Å². The van der Waals surface area contributed by atoms with Crippen molar-refractivity contribution in [3.8, 4) is 0 Å². The minimum atomic E-state index is -0.762. The first-order valence-corrected chi connectivity index (χ1v) is 63.6. The van der Waals surface area contributed by atoms with E-state index in [0.717, 1.165) is 116 Å². The number of allylic oxidation sites excluding steroid dienone is 18. The van der Waals surface area contributed by atoms with Gasteiger partial charge >= 0.3 is 0 Å². The van der Waals surface area contributed by atoms with Gasteiger partial charge in [-0.05, 0) is 241 Å². The van der Waals surface area contributed by atoms with E-state index in [2.05, 4.69) is 201 Å². The Bertz CT molecular complexity index is 3100. The van der Waals surface area contributed by atoms with Crippen molar-refractivity contribution in [3.05, 3.63) is 109 Å². The molecule has 0 aromatic heterocycles. The number of nitrogens with zero attached hydrogens (tertiary/aromatic N) is 3. The molecule has 6 rings (SSSR count). The molecule has 4 saturated heterocycles. The number of hydrogen-bond acceptors (Lipinski definition) is 11. The topological polar surface area (TPSA) is 83.6 Å². The lowest BCUT2D eigenvalue weighted by atomic mass is 9.98. The van der Waals surface area contributed by atoms with E-state index in [4.69, 9.17) is 37.9 Å². The molecule has 0 aromatic rings. The molecule has 6 fully saturated rings. The van der Waals surface area contributed by atoms with Crippen LogP contribution in [0.25, 0.3) is 0 Å². The Morgan fingerprint density at radius 3 is 0.594 bits per heavy atom. The lowest BCUT2D eigenvalue weighted by Gasteiger charge is -2.37. The van der Waals surface area contributed by atoms with Crippen molar-refractivity contribution in [2.75, 3.05) is 48.3 Å². The third-order valence-electron chi connectivity index (χ3n) is 32.8. The predicted molar refractivity (Wildman–Crippen MR) is 621 cm³/mol. The molecule has 0 amide bonds. The second-order valence-electron chi connectivity index (χ2n) is 46.5. The summed E-state index contributed by atoms with van der Waals surface area (Å²) < 4.78 is 63.8. The molecular formula is C132H239N3O8. The molecule has 4 heterocycles. The zero-order valence-corrected chi connectivity index (χ0v) is 96.7. The fourth-order valence-corrected chi connectivity index (χ4v) is 23.8. The van der Waals surface area contributed by atoms with Gasteiger partial charge < -0.3 is 52.6 Å². The van der Waals surface area contributed by atoms with Crippen molar-refractivity contribution < 1.29 is 37.9 Å². The number of ether oxygens (including phenoxy) is 8. The minimum absolute atomic E-state index is 0.0397. The van der Waals surface area contributed by atoms with Crippen molar-refractivity contribution in [1.82, 2.24) is 14.7 Å². The van der Waals surface area contributed by atoms with Gasteiger partial charge in [-0.2, -0.15) is 0 Å². The predicted octanol–water partition coefficient (Wildman–Crippen LogP) is 39.4. The fraction of sp³-hybridized carbons (Fsp3) is 0.864. The molecule has 11 nitrogen and oxygen atoms in total. The van der Waals surface area contributed by atoms with Gasteiger partial charge in [-0.1, -0.05) is 459 Å². The molecule has 4 unspecified atom stereocenters. The molecule has 830 valence electrons. The molecule has 2 aliphatic carbocycles. The summed E-state index contributed by atoms with van der Waals surface area (Å²) in [4.78, 5) is 7.39. The van der Waals surface area contributed by atoms with Gasteiger partial charge in [-0.25, -0.2) is 0 Å². The quantitative estimate of drug-likeness (QED) is 0.0431. The lowest BCUT2D eigenvalue weighted by Crippen LogP contribution is -2.52. The number of fused-ring (bicyclic) bond motifs is 3. The second-order valence-corrected chi connectivity index (χ2v) is 46.5. The van der Waals surface area contributed by atoms with Crippen LogP contribution in [0.4, 0.5) is 0 Å². The van der Waals surface area contributed by atoms with Crippen molar-refractivity contribution >= 4 is 0 Å². The molecule has 4 aliphatic heterocycles. The van der Waals surface area contributed by atoms with Crippen molar-refractivity contribution in [2.45, 2.75) is 684 Å². The van der Waals surface area contributed by atoms with Crippen molar-refractivity contribution in [2.24, 2.45) is 0 Å². The van der Waals surface area contributed by atoms with Crippen LogP contribution in [0.2, 0.25) is 0 Å². The first-order valence-electron chi connectivity index (χ1n) is 63.6. The highest BCUT2D eigenvalue weighted by Crippen LogP contribution is 2.51. The maximum absolute atomic E-state index is 8.19. The molecule has 11 heteroatoms. The molecule has 2 saturated carbocycles. The summed E-state index contributed by atoms with van der Waals surface area (Å²) in [5.41, 5.74) is 0. The van der Waals surface area contributed by atoms with E-state index in [-0.39, 0.29) is 73.1 Å². The number of unbranched alkanes of at least 4 members (excludes halogenated alkanes) is 63. The van der Waals surface area contributed by atoms with Gasteiger partial charge in [0.1, 0.15) is 36.6 Å². The zero-order valence-electron chi connectivity index (χ0n) is 96.7. The van der Waals surface area contributed by atoms with Crippen LogP contribution in [-0.2, 0) is 37.9 Å². The van der Waals surface area contributed by atoms with E-state index in [9.17, 15) is 0 Å². The molecule has 14 atom stereocenters. The summed E-state index contributed by atoms with van der Waals surface area (Å²) in [5.74, 6) is -1.98. The van der Waals surface area contributed by atoms with E-state index < -0.39 is 17.4 Å². The Balaban J connectivity index is 1.26. The fourth-order valence-electron chi connectivity index (χ4n) is 23.8. The van der Waals surface area contributed by atoms with Gasteiger partial charge in [0.15, 0.2) is 17.4 Å². The third kappa shape index (κ3) is 59.9. The zero-order chi connectivity index (χ0) is 102. The normalized spacial score (nSPS) is 24.3. The van der Waals surface area contributed by atoms with E-state index in [1.54, 1.807) is 0 Å². The molecule has 0 spiro atoms. The van der Waals surface area contributed by atoms with Crippen LogP contribution in [0.1, 0.15) is 594 Å². The highest BCUT2D eigenvalue weighted by Gasteiger charge is 2.63. The van der Waals surface area contributed by atoms with Crippen LogP contribution in [0, 0.1) is 0 Å². The molecule has 0 N–H and O–H groups in total. The first kappa shape index (κ1) is 129. The Hall–Kier alpha value is -2.78. The summed E-state index contributed by atoms with van der Waals surface area (Å²) in [6.45, 7) is 15.2. The molecular weight excluding hydrogens is 1760 g/mol. The lowest BCUT2D eigenvalue weighted by molar-refractivity contribution is -0.227. The van der Waals surface area contributed by atoms with Gasteiger partial charge in [-0.15, -0.1) is 0 Å². The number of likely N-dealkylation sites (tertiary alicyclic amines) is 1. The average Bonchev–Trinajstić information content (AvgIpc) is 1.58. The Kier molecular flexibility index (Phi) is 79.0. The second kappa shape index (κ2) is 87.6. The summed E-state index contributed by atoms with van der Waals surface area (Å²) in [5, 5.41) is 0. The average molecular weight is 2000 g/mol. The van der Waals surface area contributed by atoms with Crippen molar-refractivity contribution in [3.63, 3.8) is 0 Å². The largest absolute Gasteiger partial charge is 0.366 e. The van der Waals surface area contributed by atoms with E-state index >= 15 is 0 Å². The monoisotopic (exact) mass is 1990 g/mol. The Morgan fingerprint density at radius 2 is 0.385 bits per heavy atom. The summed E-state index contributed by atoms with van der Waals surface area (Å²) in [6.07, 6.45) is 148. The van der Waals surface area contributed by atoms with Gasteiger partial charge in [0.25, 0.3) is 0 Å². The van der Waals surface area contributed by atoms with Crippen molar-refractivity contribution in [1.29, 1.82) is 0 Å². The van der Waals surface area contributed by atoms with Gasteiger partial charge in [0.2, 0.25) is 0 Å². The molecule has 0 radical (unpaired) electrons. The Morgan fingerprint density at radius 1 is 0.217 bits per heavy atom. The van der Waals surface area contributed by atoms with Crippen LogP contribution in [0.5, 0.6) is 0 Å². The molecule has 143 heavy (non-hydrogen) atoms. The van der Waals surface area contributed by atoms with Crippen LogP contribution in [0.15, 0.2) is 109 Å². The van der Waals surface area contributed by atoms with E-state index in [1.165, 1.54) is 437 Å². The molecule has 0 bridgehead atoms. The highest BCUT2D eigenvalue weighted by atomic mass is 16.8. The molecule has 6 aliphatic rings. The first-order chi connectivity index (χ1) is 70.4. The molecule has 0 aromatic carbocycles. The number of likely N-dealkylation sites (N-methyl/N-ethyl adjacent to an activating group) is 3. The Labute approximate surface area is 888 Å². The number of rotatable bonds is 99. The maximum Gasteiger partial charge on any atom is 0.169 e. The standard InChI is InChI=1S/C132H239N3O8/c1-12-18-24-30-36-42-48-54-60-66-72-78-84-90-96-102-108-130(109-103-97-91-85-79-73-67-61-55-49-43-37-31-25-19-13-2)138-120-114-118(133(7)8)124(126(120)140-130)136-122-116-135(11)117-123(129-128(122)142-132(143-129,112-106-100-94-88-82-76-70-64-58-52-46-40-34-28-22-16-5)113-107-101-95-89-83-77-71-65-59-53-47-41-35-29-23-17-6)137-125-119(134(9)10)115-121-127(125)141-131(139-121,110-104-98-92-86-80-74-68-62-56-50-44-38-32-26-20-14-3)111-105-99-93-87-81-75-69-63-57-51-45-39-33-27-21-15-4/h36,38,40-42,44,46-47,54-56,58-62,64-65,118-129H,12-35,37,39,43,45,48-53,57,63,66-117H2,1-11H3/b42-36-,44-38-,46-40-,47-41-,60-54-,61-55-,62-56-,64-58-,65-59-/t118-,119-,120+,121-,122+,123-,124?,125?,126+,127-,128-,129+,130?,131?/m0/s1. The van der Waals surface area contributed by atoms with E-state index in [1.807, 2.05) is 0 Å². The summed E-state index contributed by atoms with van der Waals surface area (Å²) in [7, 11) is 11.4. The third-order valence-corrected chi connectivity index (χ3v) is 32.8. The van der Waals surface area contributed by atoms with Crippen LogP contribution >= 0.6 is 0 Å². The van der Waals surface area contributed by atoms with Gasteiger partial charge in [0, 0.05) is 63.7 Å². The van der Waals surface area contributed by atoms with Crippen LogP contribution in [-0.4, -0.2) is 154 Å². The SMILES string of the molecule is CCCCC/C=C\C/C=C\CCCCCCCCC1(CCCCCCCC/C=C\C/C=C\CCCCC)O[C@@H]2[C@H](O1)[C@@H](OC1[C@H]3OC(CCCCCCCC/C=C\C/C=C\CCCCC)(CCCCCCCCCCCCCCCCCC)O[C@H]3C[C@@H]1N(C)C)CN(C)C[C@H]2OC1[C@@H]2OC(CCCCCCCC/C=C\C/C=C\CCCCC)(CCCCCCCC/C=C\CCCCCCCC)O[C@@H]2C[C@@H]1N(C)C. The minimum Gasteiger partial charge on any atom is -0.366 e. The van der Waals surface area contributed by atoms with Gasteiger partial charge in [-0.3, -0.25) is 0 Å². The number of hydrogen-bond donors (Lipinski definition) is 0.